The molecule has 0 saturated heterocycles. The Morgan fingerprint density at radius 2 is 1.85 bits per heavy atom. The lowest BCUT2D eigenvalue weighted by Crippen LogP contribution is -2.26. The van der Waals surface area contributed by atoms with E-state index in [1.54, 1.807) is 0 Å². The van der Waals surface area contributed by atoms with Gasteiger partial charge in [-0.25, -0.2) is 0 Å². The zero-order chi connectivity index (χ0) is 13.5. The second-order valence-electron chi connectivity index (χ2n) is 5.83. The Bertz CT molecular complexity index is 623. The molecule has 1 heterocycles. The normalized spacial score (nSPS) is 27.6. The Hall–Kier alpha value is -1.28. The average Bonchev–Trinajstić information content (AvgIpc) is 2.97. The summed E-state index contributed by atoms with van der Waals surface area (Å²) >= 11 is 3.59. The minimum atomic E-state index is 0.220. The SMILES string of the molecule is Brc1ccc2c(c1)[C@H]1CCC[C@H]1[C@H](c1ccccc1)O2. The number of hydrogen-bond donors (Lipinski definition) is 0. The van der Waals surface area contributed by atoms with Gasteiger partial charge >= 0.3 is 0 Å². The predicted octanol–water partition coefficient (Wildman–Crippen LogP) is 5.47. The standard InChI is InChI=1S/C18H17BrO/c19-13-9-10-17-16(11-13)14-7-4-8-15(14)18(20-17)12-5-2-1-3-6-12/h1-3,5-6,9-11,14-15,18H,4,7-8H2/t14-,15+,18-/m0/s1. The smallest absolute Gasteiger partial charge is 0.127 e. The van der Waals surface area contributed by atoms with Crippen molar-refractivity contribution in [3.05, 3.63) is 64.1 Å². The van der Waals surface area contributed by atoms with Gasteiger partial charge in [-0.15, -0.1) is 0 Å². The Labute approximate surface area is 128 Å². The maximum absolute atomic E-state index is 6.37. The molecule has 2 aromatic rings. The van der Waals surface area contributed by atoms with E-state index >= 15 is 0 Å². The summed E-state index contributed by atoms with van der Waals surface area (Å²) in [6.45, 7) is 0. The maximum Gasteiger partial charge on any atom is 0.127 e. The third-order valence-electron chi connectivity index (χ3n) is 4.71. The van der Waals surface area contributed by atoms with Gasteiger partial charge in [-0.3, -0.25) is 0 Å². The van der Waals surface area contributed by atoms with E-state index in [4.69, 9.17) is 4.74 Å². The van der Waals surface area contributed by atoms with Crippen LogP contribution < -0.4 is 4.74 Å². The van der Waals surface area contributed by atoms with Crippen LogP contribution in [-0.2, 0) is 0 Å². The summed E-state index contributed by atoms with van der Waals surface area (Å²) in [5, 5.41) is 0. The number of halogens is 1. The Morgan fingerprint density at radius 3 is 2.70 bits per heavy atom. The van der Waals surface area contributed by atoms with Crippen LogP contribution in [0.1, 0.15) is 42.4 Å². The molecule has 0 amide bonds. The minimum Gasteiger partial charge on any atom is -0.485 e. The lowest BCUT2D eigenvalue weighted by Gasteiger charge is -2.36. The summed E-state index contributed by atoms with van der Waals surface area (Å²) in [5.41, 5.74) is 2.71. The first-order valence-electron chi connectivity index (χ1n) is 7.34. The lowest BCUT2D eigenvalue weighted by molar-refractivity contribution is 0.104. The van der Waals surface area contributed by atoms with Gasteiger partial charge in [0.1, 0.15) is 11.9 Å². The minimum absolute atomic E-state index is 0.220. The molecule has 4 rings (SSSR count). The van der Waals surface area contributed by atoms with Crippen LogP contribution in [0.15, 0.2) is 53.0 Å². The van der Waals surface area contributed by atoms with Crippen LogP contribution in [0.2, 0.25) is 0 Å². The van der Waals surface area contributed by atoms with Crippen LogP contribution in [0.3, 0.4) is 0 Å². The van der Waals surface area contributed by atoms with Crippen LogP contribution in [0, 0.1) is 5.92 Å². The first kappa shape index (κ1) is 12.5. The van der Waals surface area contributed by atoms with E-state index in [9.17, 15) is 0 Å². The molecule has 0 N–H and O–H groups in total. The third kappa shape index (κ3) is 1.98. The van der Waals surface area contributed by atoms with Gasteiger partial charge in [-0.2, -0.15) is 0 Å². The molecular weight excluding hydrogens is 312 g/mol. The summed E-state index contributed by atoms with van der Waals surface area (Å²) in [5.74, 6) is 2.35. The van der Waals surface area contributed by atoms with Crippen molar-refractivity contribution in [3.8, 4) is 5.75 Å². The largest absolute Gasteiger partial charge is 0.485 e. The van der Waals surface area contributed by atoms with Crippen molar-refractivity contribution in [2.75, 3.05) is 0 Å². The zero-order valence-corrected chi connectivity index (χ0v) is 12.8. The van der Waals surface area contributed by atoms with E-state index in [-0.39, 0.29) is 6.10 Å². The van der Waals surface area contributed by atoms with E-state index < -0.39 is 0 Å². The molecule has 0 bridgehead atoms. The molecular formula is C18H17BrO. The topological polar surface area (TPSA) is 9.23 Å². The van der Waals surface area contributed by atoms with Crippen molar-refractivity contribution in [3.63, 3.8) is 0 Å². The number of ether oxygens (including phenoxy) is 1. The molecule has 0 spiro atoms. The average molecular weight is 329 g/mol. The van der Waals surface area contributed by atoms with Crippen molar-refractivity contribution in [2.24, 2.45) is 5.92 Å². The molecule has 102 valence electrons. The van der Waals surface area contributed by atoms with Gasteiger partial charge in [0, 0.05) is 10.4 Å². The number of benzene rings is 2. The fraction of sp³-hybridized carbons (Fsp3) is 0.333. The highest BCUT2D eigenvalue weighted by Gasteiger charge is 2.41. The molecule has 3 atom stereocenters. The second kappa shape index (κ2) is 4.92. The van der Waals surface area contributed by atoms with Gasteiger partial charge in [0.25, 0.3) is 0 Å². The molecule has 2 aliphatic rings. The highest BCUT2D eigenvalue weighted by atomic mass is 79.9. The van der Waals surface area contributed by atoms with E-state index in [1.807, 2.05) is 0 Å². The number of rotatable bonds is 1. The van der Waals surface area contributed by atoms with Gasteiger partial charge in [0.2, 0.25) is 0 Å². The molecule has 0 aromatic heterocycles. The maximum atomic E-state index is 6.37. The van der Waals surface area contributed by atoms with Gasteiger partial charge in [-0.05, 0) is 48.1 Å². The van der Waals surface area contributed by atoms with Crippen molar-refractivity contribution < 1.29 is 4.74 Å². The summed E-state index contributed by atoms with van der Waals surface area (Å²) in [6, 6.07) is 17.1. The van der Waals surface area contributed by atoms with Crippen LogP contribution in [0.5, 0.6) is 5.75 Å². The van der Waals surface area contributed by atoms with E-state index in [0.29, 0.717) is 11.8 Å². The Kier molecular flexibility index (Phi) is 3.07. The van der Waals surface area contributed by atoms with Crippen LogP contribution in [-0.4, -0.2) is 0 Å². The highest BCUT2D eigenvalue weighted by molar-refractivity contribution is 9.10. The van der Waals surface area contributed by atoms with Gasteiger partial charge in [-0.1, -0.05) is 52.7 Å². The van der Waals surface area contributed by atoms with Crippen molar-refractivity contribution in [1.82, 2.24) is 0 Å². The molecule has 0 unspecified atom stereocenters. The van der Waals surface area contributed by atoms with E-state index in [0.717, 1.165) is 10.2 Å². The molecule has 1 fully saturated rings. The molecule has 1 saturated carbocycles. The van der Waals surface area contributed by atoms with E-state index in [2.05, 4.69) is 64.5 Å². The first-order chi connectivity index (χ1) is 9.83. The first-order valence-corrected chi connectivity index (χ1v) is 8.13. The number of hydrogen-bond acceptors (Lipinski definition) is 1. The summed E-state index contributed by atoms with van der Waals surface area (Å²) in [7, 11) is 0. The van der Waals surface area contributed by atoms with Crippen LogP contribution in [0.25, 0.3) is 0 Å². The molecule has 1 aliphatic carbocycles. The lowest BCUT2D eigenvalue weighted by atomic mass is 9.80. The third-order valence-corrected chi connectivity index (χ3v) is 5.20. The van der Waals surface area contributed by atoms with E-state index in [1.165, 1.54) is 30.4 Å². The summed E-state index contributed by atoms with van der Waals surface area (Å²) in [6.07, 6.45) is 4.10. The second-order valence-corrected chi connectivity index (χ2v) is 6.75. The van der Waals surface area contributed by atoms with Crippen molar-refractivity contribution in [2.45, 2.75) is 31.3 Å². The fourth-order valence-electron chi connectivity index (χ4n) is 3.84. The quantitative estimate of drug-likeness (QED) is 0.674. The highest BCUT2D eigenvalue weighted by Crippen LogP contribution is 2.54. The van der Waals surface area contributed by atoms with Gasteiger partial charge in [0.05, 0.1) is 0 Å². The molecule has 0 radical (unpaired) electrons. The fourth-order valence-corrected chi connectivity index (χ4v) is 4.21. The summed E-state index contributed by atoms with van der Waals surface area (Å²) in [4.78, 5) is 0. The molecule has 2 aromatic carbocycles. The van der Waals surface area contributed by atoms with Crippen LogP contribution in [0.4, 0.5) is 0 Å². The summed E-state index contributed by atoms with van der Waals surface area (Å²) < 4.78 is 7.52. The molecule has 2 heteroatoms. The monoisotopic (exact) mass is 328 g/mol. The van der Waals surface area contributed by atoms with Crippen LogP contribution >= 0.6 is 15.9 Å². The molecule has 1 nitrogen and oxygen atoms in total. The Balaban J connectivity index is 1.79. The van der Waals surface area contributed by atoms with Gasteiger partial charge < -0.3 is 4.74 Å². The van der Waals surface area contributed by atoms with Crippen molar-refractivity contribution in [1.29, 1.82) is 0 Å². The Morgan fingerprint density at radius 1 is 1.00 bits per heavy atom. The number of fused-ring (bicyclic) bond motifs is 3. The zero-order valence-electron chi connectivity index (χ0n) is 11.3. The molecule has 1 aliphatic heterocycles. The van der Waals surface area contributed by atoms with Crippen molar-refractivity contribution >= 4 is 15.9 Å². The van der Waals surface area contributed by atoms with Gasteiger partial charge in [0.15, 0.2) is 0 Å². The predicted molar refractivity (Wildman–Crippen MR) is 84.0 cm³/mol. The molecule has 20 heavy (non-hydrogen) atoms.